The normalized spacial score (nSPS) is 10.3. The molecule has 0 fully saturated rings. The number of anilines is 2. The molecule has 0 unspecified atom stereocenters. The Hall–Kier alpha value is -3.35. The highest BCUT2D eigenvalue weighted by Gasteiger charge is 2.08. The van der Waals surface area contributed by atoms with Gasteiger partial charge in [-0.2, -0.15) is 0 Å². The number of aromatic nitrogens is 3. The highest BCUT2D eigenvalue weighted by atomic mass is 16.5. The molecule has 0 bridgehead atoms. The van der Waals surface area contributed by atoms with E-state index in [9.17, 15) is 9.90 Å². The predicted molar refractivity (Wildman–Crippen MR) is 86.0 cm³/mol. The number of aromatic amines is 1. The summed E-state index contributed by atoms with van der Waals surface area (Å²) < 4.78 is 5.08. The number of rotatable bonds is 4. The maximum absolute atomic E-state index is 12.2. The van der Waals surface area contributed by atoms with Crippen LogP contribution in [0.2, 0.25) is 0 Å². The van der Waals surface area contributed by atoms with E-state index >= 15 is 0 Å². The van der Waals surface area contributed by atoms with E-state index in [1.165, 1.54) is 12.1 Å². The molecule has 0 spiro atoms. The van der Waals surface area contributed by atoms with Gasteiger partial charge in [-0.05, 0) is 48.5 Å². The van der Waals surface area contributed by atoms with Crippen molar-refractivity contribution in [3.63, 3.8) is 0 Å². The Morgan fingerprint density at radius 2 is 1.74 bits per heavy atom. The molecular weight excluding hydrogens is 296 g/mol. The number of phenolic OH excluding ortho intramolecular Hbond substituents is 1. The van der Waals surface area contributed by atoms with Crippen molar-refractivity contribution in [3.8, 4) is 22.8 Å². The molecule has 0 aliphatic carbocycles. The first kappa shape index (κ1) is 14.6. The van der Waals surface area contributed by atoms with Crippen LogP contribution in [0, 0.1) is 0 Å². The van der Waals surface area contributed by atoms with Crippen molar-refractivity contribution in [2.24, 2.45) is 0 Å². The summed E-state index contributed by atoms with van der Waals surface area (Å²) in [6.07, 6.45) is 0. The fraction of sp³-hybridized carbons (Fsp3) is 0.0625. The summed E-state index contributed by atoms with van der Waals surface area (Å²) in [5.41, 5.74) is 1.19. The zero-order chi connectivity index (χ0) is 16.2. The van der Waals surface area contributed by atoms with Crippen molar-refractivity contribution in [1.29, 1.82) is 0 Å². The molecule has 0 aliphatic heterocycles. The Morgan fingerprint density at radius 1 is 1.04 bits per heavy atom. The second-order valence-electron chi connectivity index (χ2n) is 4.75. The lowest BCUT2D eigenvalue weighted by Crippen LogP contribution is -2.15. The van der Waals surface area contributed by atoms with E-state index in [4.69, 9.17) is 4.74 Å². The van der Waals surface area contributed by atoms with Gasteiger partial charge in [-0.25, -0.2) is 0 Å². The lowest BCUT2D eigenvalue weighted by molar-refractivity contribution is 0.415. The van der Waals surface area contributed by atoms with Gasteiger partial charge >= 0.3 is 0 Å². The van der Waals surface area contributed by atoms with Crippen molar-refractivity contribution in [2.45, 2.75) is 0 Å². The van der Waals surface area contributed by atoms with Crippen LogP contribution in [0.3, 0.4) is 0 Å². The Labute approximate surface area is 131 Å². The van der Waals surface area contributed by atoms with Crippen LogP contribution in [-0.2, 0) is 0 Å². The molecule has 0 atom stereocenters. The van der Waals surface area contributed by atoms with Crippen molar-refractivity contribution in [2.75, 3.05) is 12.4 Å². The largest absolute Gasteiger partial charge is 0.508 e. The van der Waals surface area contributed by atoms with Crippen LogP contribution in [0.25, 0.3) is 11.3 Å². The van der Waals surface area contributed by atoms with E-state index in [0.29, 0.717) is 17.0 Å². The minimum Gasteiger partial charge on any atom is -0.508 e. The van der Waals surface area contributed by atoms with E-state index in [1.807, 2.05) is 0 Å². The molecule has 0 saturated carbocycles. The fourth-order valence-electron chi connectivity index (χ4n) is 2.01. The maximum atomic E-state index is 12.2. The molecule has 1 heterocycles. The van der Waals surface area contributed by atoms with Gasteiger partial charge in [-0.3, -0.25) is 9.78 Å². The number of hydrogen-bond donors (Lipinski definition) is 3. The topological polar surface area (TPSA) is 100 Å². The van der Waals surface area contributed by atoms with Gasteiger partial charge in [-0.15, -0.1) is 10.2 Å². The highest BCUT2D eigenvalue weighted by molar-refractivity contribution is 5.60. The number of phenols is 1. The average Bonchev–Trinajstić information content (AvgIpc) is 2.57. The summed E-state index contributed by atoms with van der Waals surface area (Å²) in [7, 11) is 1.57. The summed E-state index contributed by atoms with van der Waals surface area (Å²) in [6.45, 7) is 0. The summed E-state index contributed by atoms with van der Waals surface area (Å²) in [5.74, 6) is 1.08. The first-order chi connectivity index (χ1) is 11.2. The Balaban J connectivity index is 1.85. The number of hydrogen-bond acceptors (Lipinski definition) is 6. The fourth-order valence-corrected chi connectivity index (χ4v) is 2.01. The van der Waals surface area contributed by atoms with Crippen LogP contribution in [0.5, 0.6) is 11.5 Å². The quantitative estimate of drug-likeness (QED) is 0.639. The van der Waals surface area contributed by atoms with E-state index < -0.39 is 0 Å². The summed E-state index contributed by atoms with van der Waals surface area (Å²) in [4.78, 5) is 14.8. The molecule has 2 aromatic carbocycles. The molecule has 0 aliphatic rings. The Morgan fingerprint density at radius 3 is 2.35 bits per heavy atom. The third-order valence-electron chi connectivity index (χ3n) is 3.19. The second kappa shape index (κ2) is 6.18. The van der Waals surface area contributed by atoms with Gasteiger partial charge in [0.15, 0.2) is 5.69 Å². The van der Waals surface area contributed by atoms with Gasteiger partial charge in [0.1, 0.15) is 11.5 Å². The van der Waals surface area contributed by atoms with E-state index in [2.05, 4.69) is 20.5 Å². The van der Waals surface area contributed by atoms with Gasteiger partial charge in [0.25, 0.3) is 5.56 Å². The third kappa shape index (κ3) is 3.29. The molecule has 0 amide bonds. The van der Waals surface area contributed by atoms with Gasteiger partial charge < -0.3 is 15.2 Å². The van der Waals surface area contributed by atoms with Crippen LogP contribution in [0.1, 0.15) is 0 Å². The SMILES string of the molecule is COc1ccc(-c2nnc(Nc3ccc(O)cc3)[nH]c2=O)cc1. The van der Waals surface area contributed by atoms with Crippen molar-refractivity contribution in [3.05, 3.63) is 58.9 Å². The number of nitrogens with zero attached hydrogens (tertiary/aromatic N) is 2. The number of benzene rings is 2. The molecule has 7 heteroatoms. The number of methoxy groups -OCH3 is 1. The van der Waals surface area contributed by atoms with E-state index in [0.717, 1.165) is 0 Å². The molecule has 0 saturated heterocycles. The molecule has 1 aromatic heterocycles. The summed E-state index contributed by atoms with van der Waals surface area (Å²) >= 11 is 0. The molecule has 3 aromatic rings. The summed E-state index contributed by atoms with van der Waals surface area (Å²) in [5, 5.41) is 20.1. The molecule has 3 rings (SSSR count). The lowest BCUT2D eigenvalue weighted by Gasteiger charge is -2.06. The van der Waals surface area contributed by atoms with Gasteiger partial charge in [0, 0.05) is 11.3 Å². The molecule has 3 N–H and O–H groups in total. The van der Waals surface area contributed by atoms with Crippen LogP contribution in [-0.4, -0.2) is 27.4 Å². The number of nitrogens with one attached hydrogen (secondary N) is 2. The average molecular weight is 310 g/mol. The van der Waals surface area contributed by atoms with Crippen molar-refractivity contribution < 1.29 is 9.84 Å². The van der Waals surface area contributed by atoms with Crippen molar-refractivity contribution in [1.82, 2.24) is 15.2 Å². The first-order valence-electron chi connectivity index (χ1n) is 6.83. The van der Waals surface area contributed by atoms with E-state index in [1.54, 1.807) is 43.5 Å². The number of H-pyrrole nitrogens is 1. The highest BCUT2D eigenvalue weighted by Crippen LogP contribution is 2.19. The van der Waals surface area contributed by atoms with Crippen molar-refractivity contribution >= 4 is 11.6 Å². The minimum atomic E-state index is -0.355. The predicted octanol–water partition coefficient (Wildman–Crippen LogP) is 2.29. The second-order valence-corrected chi connectivity index (χ2v) is 4.75. The van der Waals surface area contributed by atoms with Gasteiger partial charge in [0.2, 0.25) is 5.95 Å². The number of aromatic hydroxyl groups is 1. The molecule has 0 radical (unpaired) electrons. The zero-order valence-electron chi connectivity index (χ0n) is 12.3. The van der Waals surface area contributed by atoms with E-state index in [-0.39, 0.29) is 23.0 Å². The van der Waals surface area contributed by atoms with Crippen LogP contribution < -0.4 is 15.6 Å². The third-order valence-corrected chi connectivity index (χ3v) is 3.19. The van der Waals surface area contributed by atoms with Crippen LogP contribution >= 0.6 is 0 Å². The molecule has 7 nitrogen and oxygen atoms in total. The Kier molecular flexibility index (Phi) is 3.92. The standard InChI is InChI=1S/C16H14N4O3/c1-23-13-8-2-10(3-9-13)14-15(22)18-16(20-19-14)17-11-4-6-12(21)7-5-11/h2-9,21H,1H3,(H2,17,18,20,22). The maximum Gasteiger partial charge on any atom is 0.279 e. The van der Waals surface area contributed by atoms with Gasteiger partial charge in [-0.1, -0.05) is 0 Å². The molecule has 116 valence electrons. The lowest BCUT2D eigenvalue weighted by atomic mass is 10.1. The summed E-state index contributed by atoms with van der Waals surface area (Å²) in [6, 6.07) is 13.4. The molecule has 23 heavy (non-hydrogen) atoms. The minimum absolute atomic E-state index is 0.157. The van der Waals surface area contributed by atoms with Gasteiger partial charge in [0.05, 0.1) is 7.11 Å². The first-order valence-corrected chi connectivity index (χ1v) is 6.83. The zero-order valence-corrected chi connectivity index (χ0v) is 12.3. The van der Waals surface area contributed by atoms with Crippen LogP contribution in [0.15, 0.2) is 53.3 Å². The Bertz CT molecular complexity index is 858. The monoisotopic (exact) mass is 310 g/mol. The molecular formula is C16H14N4O3. The smallest absolute Gasteiger partial charge is 0.279 e. The van der Waals surface area contributed by atoms with Crippen LogP contribution in [0.4, 0.5) is 11.6 Å². The number of ether oxygens (including phenoxy) is 1.